The first kappa shape index (κ1) is 21.0. The molecule has 1 heterocycles. The number of fused-ring (bicyclic) bond motifs is 1. The zero-order valence-corrected chi connectivity index (χ0v) is 15.4. The van der Waals surface area contributed by atoms with E-state index in [1.165, 1.54) is 12.1 Å². The summed E-state index contributed by atoms with van der Waals surface area (Å²) in [5.74, 6) is -6.37. The molecular formula is C18H12F4N3O3S-. The number of carbonyl (C=O) groups is 1. The van der Waals surface area contributed by atoms with Gasteiger partial charge in [-0.25, -0.2) is 27.9 Å². The highest BCUT2D eigenvalue weighted by Crippen LogP contribution is 2.25. The monoisotopic (exact) mass is 426 g/mol. The van der Waals surface area contributed by atoms with Gasteiger partial charge in [0.05, 0.1) is 22.8 Å². The molecule has 1 aromatic heterocycles. The van der Waals surface area contributed by atoms with Crippen molar-refractivity contribution < 1.29 is 31.1 Å². The fraction of sp³-hybridized carbons (Fsp3) is 0.167. The lowest BCUT2D eigenvalue weighted by Gasteiger charge is -2.11. The largest absolute Gasteiger partial charge is 0.760 e. The molecule has 1 atom stereocenters. The van der Waals surface area contributed by atoms with Crippen LogP contribution in [0.3, 0.4) is 0 Å². The molecular weight excluding hydrogens is 414 g/mol. The summed E-state index contributed by atoms with van der Waals surface area (Å²) in [5, 5.41) is 0. The number of carbonyl (C=O) groups excluding carboxylic acids is 1. The van der Waals surface area contributed by atoms with Crippen LogP contribution in [0.15, 0.2) is 30.5 Å². The Morgan fingerprint density at radius 2 is 1.86 bits per heavy atom. The third-order valence-electron chi connectivity index (χ3n) is 4.08. The van der Waals surface area contributed by atoms with Crippen LogP contribution < -0.4 is 4.72 Å². The molecule has 2 aromatic carbocycles. The minimum Gasteiger partial charge on any atom is -0.760 e. The van der Waals surface area contributed by atoms with Gasteiger partial charge < -0.3 is 4.55 Å². The molecule has 3 rings (SSSR count). The van der Waals surface area contributed by atoms with Crippen molar-refractivity contribution in [3.05, 3.63) is 70.6 Å². The predicted octanol–water partition coefficient (Wildman–Crippen LogP) is 2.73. The van der Waals surface area contributed by atoms with E-state index in [-0.39, 0.29) is 41.5 Å². The van der Waals surface area contributed by atoms with Gasteiger partial charge in [0.25, 0.3) is 0 Å². The number of hydrogen-bond donors (Lipinski definition) is 1. The molecule has 0 aliphatic rings. The van der Waals surface area contributed by atoms with Gasteiger partial charge in [0, 0.05) is 23.4 Å². The van der Waals surface area contributed by atoms with E-state index in [2.05, 4.69) is 14.7 Å². The molecule has 1 N–H and O–H groups in total. The van der Waals surface area contributed by atoms with Crippen molar-refractivity contribution in [2.45, 2.75) is 12.8 Å². The highest BCUT2D eigenvalue weighted by Gasteiger charge is 2.25. The van der Waals surface area contributed by atoms with Gasteiger partial charge in [-0.15, -0.1) is 0 Å². The van der Waals surface area contributed by atoms with Crippen LogP contribution in [0.1, 0.15) is 27.9 Å². The Hall–Kier alpha value is -2.76. The first-order chi connectivity index (χ1) is 13.8. The summed E-state index contributed by atoms with van der Waals surface area (Å²) in [6, 6.07) is 4.26. The predicted molar refractivity (Wildman–Crippen MR) is 94.5 cm³/mol. The molecule has 0 saturated carbocycles. The lowest BCUT2D eigenvalue weighted by molar-refractivity contribution is 0.102. The molecule has 11 heteroatoms. The van der Waals surface area contributed by atoms with Crippen LogP contribution in [-0.4, -0.2) is 31.1 Å². The maximum Gasteiger partial charge on any atom is 0.231 e. The van der Waals surface area contributed by atoms with Gasteiger partial charge in [0.2, 0.25) is 5.95 Å². The van der Waals surface area contributed by atoms with Crippen LogP contribution in [0.2, 0.25) is 0 Å². The lowest BCUT2D eigenvalue weighted by Crippen LogP contribution is -2.18. The number of nitrogens with zero attached hydrogens (tertiary/aromatic N) is 2. The molecule has 0 radical (unpaired) electrons. The third kappa shape index (κ3) is 4.63. The van der Waals surface area contributed by atoms with Crippen molar-refractivity contribution in [2.24, 2.45) is 0 Å². The van der Waals surface area contributed by atoms with Gasteiger partial charge in [-0.2, -0.15) is 4.39 Å². The molecule has 0 amide bonds. The molecule has 0 bridgehead atoms. The van der Waals surface area contributed by atoms with Gasteiger partial charge in [-0.1, -0.05) is 0 Å². The van der Waals surface area contributed by atoms with E-state index >= 15 is 0 Å². The minimum absolute atomic E-state index is 0.00928. The van der Waals surface area contributed by atoms with Gasteiger partial charge in [-0.3, -0.25) is 9.00 Å². The zero-order chi connectivity index (χ0) is 21.1. The van der Waals surface area contributed by atoms with Crippen LogP contribution in [0, 0.1) is 23.4 Å². The lowest BCUT2D eigenvalue weighted by atomic mass is 9.97. The fourth-order valence-electron chi connectivity index (χ4n) is 2.75. The maximum absolute atomic E-state index is 14.8. The van der Waals surface area contributed by atoms with Gasteiger partial charge >= 0.3 is 0 Å². The van der Waals surface area contributed by atoms with E-state index < -0.39 is 46.0 Å². The molecule has 3 aromatic rings. The molecule has 6 nitrogen and oxygen atoms in total. The van der Waals surface area contributed by atoms with Crippen LogP contribution in [0.5, 0.6) is 0 Å². The molecule has 0 fully saturated rings. The van der Waals surface area contributed by atoms with E-state index in [0.717, 1.165) is 12.3 Å². The first-order valence-corrected chi connectivity index (χ1v) is 9.31. The second-order valence-corrected chi connectivity index (χ2v) is 6.74. The van der Waals surface area contributed by atoms with Crippen molar-refractivity contribution >= 4 is 28.1 Å². The van der Waals surface area contributed by atoms with Gasteiger partial charge in [0.1, 0.15) is 5.82 Å². The Morgan fingerprint density at radius 1 is 1.10 bits per heavy atom. The Bertz CT molecular complexity index is 1130. The molecule has 29 heavy (non-hydrogen) atoms. The van der Waals surface area contributed by atoms with Crippen molar-refractivity contribution in [3.63, 3.8) is 0 Å². The average Bonchev–Trinajstić information content (AvgIpc) is 2.68. The number of halogens is 4. The maximum atomic E-state index is 14.8. The average molecular weight is 426 g/mol. The SMILES string of the molecule is O=C(c1ccc2ncc(F)nc2c1)c1c(F)c(F)cc(CCCNS(=O)[O-])c1F. The van der Waals surface area contributed by atoms with Crippen molar-refractivity contribution in [2.75, 3.05) is 6.54 Å². The number of ketones is 1. The zero-order valence-electron chi connectivity index (χ0n) is 14.5. The second-order valence-electron chi connectivity index (χ2n) is 5.98. The van der Waals surface area contributed by atoms with E-state index in [0.29, 0.717) is 6.07 Å². The Labute approximate surface area is 164 Å². The minimum atomic E-state index is -2.51. The quantitative estimate of drug-likeness (QED) is 0.206. The first-order valence-electron chi connectivity index (χ1n) is 8.24. The summed E-state index contributed by atoms with van der Waals surface area (Å²) in [5.41, 5.74) is -1.35. The molecule has 0 aliphatic heterocycles. The third-order valence-corrected chi connectivity index (χ3v) is 4.52. The van der Waals surface area contributed by atoms with Crippen LogP contribution in [0.25, 0.3) is 11.0 Å². The normalized spacial score (nSPS) is 12.3. The van der Waals surface area contributed by atoms with Gasteiger partial charge in [0.15, 0.2) is 17.4 Å². The van der Waals surface area contributed by atoms with E-state index in [1.807, 2.05) is 0 Å². The highest BCUT2D eigenvalue weighted by molar-refractivity contribution is 7.77. The smallest absolute Gasteiger partial charge is 0.231 e. The topological polar surface area (TPSA) is 95.0 Å². The van der Waals surface area contributed by atoms with E-state index in [1.54, 1.807) is 0 Å². The number of nitrogens with one attached hydrogen (secondary N) is 1. The molecule has 0 spiro atoms. The second kappa shape index (κ2) is 8.72. The van der Waals surface area contributed by atoms with Crippen molar-refractivity contribution in [3.8, 4) is 0 Å². The number of aromatic nitrogens is 2. The van der Waals surface area contributed by atoms with E-state index in [9.17, 15) is 31.1 Å². The number of hydrogen-bond acceptors (Lipinski definition) is 5. The molecule has 1 unspecified atom stereocenters. The van der Waals surface area contributed by atoms with Crippen molar-refractivity contribution in [1.29, 1.82) is 0 Å². The standard InChI is InChI=1S/C18H13F4N3O3S/c19-11-6-9(2-1-5-24-29(27)28)16(21)15(17(11)22)18(26)10-3-4-12-13(7-10)25-14(20)8-23-12/h3-4,6-8,24H,1-2,5H2,(H,27,28)/p-1. The number of aryl methyl sites for hydroxylation is 1. The summed E-state index contributed by atoms with van der Waals surface area (Å²) in [6.07, 6.45) is 0.829. The number of benzene rings is 2. The summed E-state index contributed by atoms with van der Waals surface area (Å²) in [7, 11) is 0. The Morgan fingerprint density at radius 3 is 2.59 bits per heavy atom. The summed E-state index contributed by atoms with van der Waals surface area (Å²) >= 11 is -2.51. The molecule has 152 valence electrons. The summed E-state index contributed by atoms with van der Waals surface area (Å²) in [6.45, 7) is -0.0489. The fourth-order valence-corrected chi connectivity index (χ4v) is 3.06. The highest BCUT2D eigenvalue weighted by atomic mass is 32.2. The van der Waals surface area contributed by atoms with Crippen LogP contribution in [0.4, 0.5) is 17.6 Å². The van der Waals surface area contributed by atoms with Crippen LogP contribution >= 0.6 is 0 Å². The Balaban J connectivity index is 1.96. The summed E-state index contributed by atoms with van der Waals surface area (Å²) in [4.78, 5) is 20.0. The summed E-state index contributed by atoms with van der Waals surface area (Å²) < 4.78 is 79.1. The van der Waals surface area contributed by atoms with E-state index in [4.69, 9.17) is 0 Å². The van der Waals surface area contributed by atoms with Crippen LogP contribution in [-0.2, 0) is 17.7 Å². The Kier molecular flexibility index (Phi) is 6.30. The number of rotatable bonds is 7. The van der Waals surface area contributed by atoms with Crippen molar-refractivity contribution in [1.82, 2.24) is 14.7 Å². The molecule has 0 aliphatic carbocycles. The van der Waals surface area contributed by atoms with Gasteiger partial charge in [-0.05, 0) is 42.7 Å². The molecule has 0 saturated heterocycles.